The van der Waals surface area contributed by atoms with Gasteiger partial charge in [0, 0.05) is 0 Å². The Bertz CT molecular complexity index is 337. The summed E-state index contributed by atoms with van der Waals surface area (Å²) in [7, 11) is 0. The van der Waals surface area contributed by atoms with Crippen molar-refractivity contribution in [3.63, 3.8) is 0 Å². The van der Waals surface area contributed by atoms with Crippen LogP contribution in [0.15, 0.2) is 10.5 Å². The van der Waals surface area contributed by atoms with Gasteiger partial charge in [-0.1, -0.05) is 13.8 Å². The van der Waals surface area contributed by atoms with E-state index in [0.717, 1.165) is 0 Å². The summed E-state index contributed by atoms with van der Waals surface area (Å²) in [6, 6.07) is 1.29. The number of halogens is 3. The van der Waals surface area contributed by atoms with Crippen molar-refractivity contribution >= 4 is 22.2 Å². The monoisotopic (exact) mass is 264 g/mol. The first-order valence-electron chi connectivity index (χ1n) is 4.17. The van der Waals surface area contributed by atoms with E-state index in [0.29, 0.717) is 5.56 Å². The number of hydrogen-bond donors (Lipinski definition) is 0. The van der Waals surface area contributed by atoms with Crippen molar-refractivity contribution in [2.75, 3.05) is 0 Å². The Morgan fingerprint density at radius 3 is 2.21 bits per heavy atom. The maximum Gasteiger partial charge on any atom is 0.173 e. The molecule has 4 heteroatoms. The highest BCUT2D eigenvalue weighted by Gasteiger charge is 2.13. The van der Waals surface area contributed by atoms with Crippen LogP contribution in [-0.4, -0.2) is 6.29 Å². The average molecular weight is 265 g/mol. The summed E-state index contributed by atoms with van der Waals surface area (Å²) in [5.74, 6) is -2.13. The normalized spacial score (nSPS) is 9.00. The second kappa shape index (κ2) is 5.86. The molecule has 1 rings (SSSR count). The number of hydrogen-bond acceptors (Lipinski definition) is 1. The van der Waals surface area contributed by atoms with E-state index in [-0.39, 0.29) is 16.3 Å². The summed E-state index contributed by atoms with van der Waals surface area (Å²) in [4.78, 5) is 10.2. The Labute approximate surface area is 90.3 Å². The van der Waals surface area contributed by atoms with E-state index in [1.54, 1.807) is 6.92 Å². The number of aryl methyl sites for hydroxylation is 1. The molecule has 0 spiro atoms. The zero-order valence-electron chi connectivity index (χ0n) is 8.20. The molecule has 0 unspecified atom stereocenters. The Morgan fingerprint density at radius 1 is 1.29 bits per heavy atom. The van der Waals surface area contributed by atoms with Crippen molar-refractivity contribution in [2.24, 2.45) is 0 Å². The van der Waals surface area contributed by atoms with Gasteiger partial charge >= 0.3 is 0 Å². The molecule has 78 valence electrons. The van der Waals surface area contributed by atoms with Crippen LogP contribution in [0.1, 0.15) is 29.8 Å². The molecule has 0 aliphatic rings. The molecule has 0 aliphatic heterocycles. The van der Waals surface area contributed by atoms with Crippen molar-refractivity contribution in [2.45, 2.75) is 20.8 Å². The lowest BCUT2D eigenvalue weighted by Crippen LogP contribution is -1.96. The summed E-state index contributed by atoms with van der Waals surface area (Å²) in [6.45, 7) is 5.58. The van der Waals surface area contributed by atoms with Crippen molar-refractivity contribution in [1.29, 1.82) is 0 Å². The number of carbonyl (C=O) groups is 1. The molecule has 0 aliphatic carbocycles. The highest BCUT2D eigenvalue weighted by Crippen LogP contribution is 2.24. The van der Waals surface area contributed by atoms with E-state index in [1.807, 2.05) is 13.8 Å². The van der Waals surface area contributed by atoms with Crippen LogP contribution in [0.5, 0.6) is 0 Å². The first kappa shape index (κ1) is 13.2. The van der Waals surface area contributed by atoms with Gasteiger partial charge in [-0.25, -0.2) is 8.78 Å². The lowest BCUT2D eigenvalue weighted by atomic mass is 10.1. The van der Waals surface area contributed by atoms with Crippen LogP contribution < -0.4 is 0 Å². The fourth-order valence-electron chi connectivity index (χ4n) is 0.842. The average Bonchev–Trinajstić information content (AvgIpc) is 2.23. The molecule has 1 aromatic carbocycles. The topological polar surface area (TPSA) is 17.1 Å². The van der Waals surface area contributed by atoms with E-state index < -0.39 is 11.6 Å². The summed E-state index contributed by atoms with van der Waals surface area (Å²) in [6.07, 6.45) is 0.290. The first-order valence-corrected chi connectivity index (χ1v) is 4.96. The Balaban J connectivity index is 0.000000791. The van der Waals surface area contributed by atoms with Crippen LogP contribution in [0.4, 0.5) is 8.78 Å². The number of rotatable bonds is 1. The first-order chi connectivity index (χ1) is 6.57. The van der Waals surface area contributed by atoms with Gasteiger partial charge < -0.3 is 0 Å². The van der Waals surface area contributed by atoms with Gasteiger partial charge in [0.05, 0.1) is 10.0 Å². The molecule has 0 N–H and O–H groups in total. The SMILES string of the molecule is CC.Cc1cc(C=O)c(F)c(F)c1Br. The largest absolute Gasteiger partial charge is 0.298 e. The molecule has 0 fully saturated rings. The van der Waals surface area contributed by atoms with E-state index >= 15 is 0 Å². The Hall–Kier alpha value is -0.770. The van der Waals surface area contributed by atoms with E-state index in [2.05, 4.69) is 15.9 Å². The van der Waals surface area contributed by atoms with Crippen LogP contribution in [0.2, 0.25) is 0 Å². The van der Waals surface area contributed by atoms with Crippen LogP contribution in [0, 0.1) is 18.6 Å². The maximum absolute atomic E-state index is 12.9. The van der Waals surface area contributed by atoms with Crippen molar-refractivity contribution in [3.8, 4) is 0 Å². The predicted molar refractivity (Wildman–Crippen MR) is 55.5 cm³/mol. The second-order valence-corrected chi connectivity index (χ2v) is 3.14. The Kier molecular flexibility index (Phi) is 5.53. The third-order valence-corrected chi connectivity index (χ3v) is 2.46. The van der Waals surface area contributed by atoms with Gasteiger partial charge in [0.25, 0.3) is 0 Å². The third kappa shape index (κ3) is 2.61. The molecule has 0 amide bonds. The molecule has 0 bridgehead atoms. The van der Waals surface area contributed by atoms with Crippen LogP contribution in [0.25, 0.3) is 0 Å². The van der Waals surface area contributed by atoms with Crippen molar-refractivity contribution in [3.05, 3.63) is 33.3 Å². The predicted octanol–water partition coefficient (Wildman–Crippen LogP) is 3.87. The van der Waals surface area contributed by atoms with E-state index in [4.69, 9.17) is 0 Å². The van der Waals surface area contributed by atoms with Crippen LogP contribution in [-0.2, 0) is 0 Å². The molecule has 1 aromatic rings. The van der Waals surface area contributed by atoms with Crippen LogP contribution >= 0.6 is 15.9 Å². The minimum absolute atomic E-state index is 0.0607. The highest BCUT2D eigenvalue weighted by atomic mass is 79.9. The van der Waals surface area contributed by atoms with Gasteiger partial charge in [-0.05, 0) is 34.5 Å². The summed E-state index contributed by atoms with van der Waals surface area (Å²) >= 11 is 2.86. The molecular formula is C10H11BrF2O. The molecule has 0 aromatic heterocycles. The summed E-state index contributed by atoms with van der Waals surface area (Å²) in [5, 5.41) is 0. The van der Waals surface area contributed by atoms with Gasteiger partial charge in [-0.2, -0.15) is 0 Å². The smallest absolute Gasteiger partial charge is 0.173 e. The zero-order valence-corrected chi connectivity index (χ0v) is 9.78. The van der Waals surface area contributed by atoms with E-state index in [1.165, 1.54) is 6.07 Å². The molecule has 0 radical (unpaired) electrons. The van der Waals surface area contributed by atoms with Gasteiger partial charge in [-0.3, -0.25) is 4.79 Å². The van der Waals surface area contributed by atoms with Gasteiger partial charge in [0.15, 0.2) is 17.9 Å². The fraction of sp³-hybridized carbons (Fsp3) is 0.300. The molecule has 0 saturated heterocycles. The molecule has 0 heterocycles. The lowest BCUT2D eigenvalue weighted by molar-refractivity contribution is 0.111. The highest BCUT2D eigenvalue weighted by molar-refractivity contribution is 9.10. The molecule has 0 saturated carbocycles. The lowest BCUT2D eigenvalue weighted by Gasteiger charge is -2.02. The van der Waals surface area contributed by atoms with Gasteiger partial charge in [0.2, 0.25) is 0 Å². The number of benzene rings is 1. The molecule has 1 nitrogen and oxygen atoms in total. The molecular weight excluding hydrogens is 254 g/mol. The minimum Gasteiger partial charge on any atom is -0.298 e. The zero-order chi connectivity index (χ0) is 11.3. The summed E-state index contributed by atoms with van der Waals surface area (Å²) in [5.41, 5.74) is 0.240. The second-order valence-electron chi connectivity index (χ2n) is 2.34. The number of aldehydes is 1. The van der Waals surface area contributed by atoms with Crippen molar-refractivity contribution in [1.82, 2.24) is 0 Å². The maximum atomic E-state index is 12.9. The third-order valence-electron chi connectivity index (χ3n) is 1.48. The van der Waals surface area contributed by atoms with Gasteiger partial charge in [-0.15, -0.1) is 0 Å². The van der Waals surface area contributed by atoms with E-state index in [9.17, 15) is 13.6 Å². The van der Waals surface area contributed by atoms with Crippen LogP contribution in [0.3, 0.4) is 0 Å². The van der Waals surface area contributed by atoms with Crippen molar-refractivity contribution < 1.29 is 13.6 Å². The molecule has 0 atom stereocenters. The quantitative estimate of drug-likeness (QED) is 0.556. The number of carbonyl (C=O) groups excluding carboxylic acids is 1. The fourth-order valence-corrected chi connectivity index (χ4v) is 1.13. The Morgan fingerprint density at radius 2 is 1.79 bits per heavy atom. The molecule has 14 heavy (non-hydrogen) atoms. The summed E-state index contributed by atoms with van der Waals surface area (Å²) < 4.78 is 25.7. The standard InChI is InChI=1S/C8H5BrF2O.C2H6/c1-4-2-5(3-12)7(10)8(11)6(4)9;1-2/h2-3H,1H3;1-2H3. The van der Waals surface area contributed by atoms with Gasteiger partial charge in [0.1, 0.15) is 0 Å². The minimum atomic E-state index is -1.11.